The van der Waals surface area contributed by atoms with Crippen LogP contribution in [0.3, 0.4) is 0 Å². The molecule has 1 saturated heterocycles. The average Bonchev–Trinajstić information content (AvgIpc) is 3.08. The molecule has 7 heteroatoms. The Bertz CT molecular complexity index is 660. The molecule has 3 rings (SSSR count). The fourth-order valence-electron chi connectivity index (χ4n) is 3.48. The standard InChI is InChI=1S/C18H24N4O3/c1-25-12-13-6-5-9-21(11-13)18(24)15-10-16(17(19)23)22(20-15)14-7-3-2-4-8-14/h2-4,7-8,13,16H,5-6,9-12H2,1H3,(H2,19,23)/t13-,16-/m0/s1. The number of hydrazone groups is 1. The third kappa shape index (κ3) is 3.82. The third-order valence-corrected chi connectivity index (χ3v) is 4.71. The van der Waals surface area contributed by atoms with E-state index in [4.69, 9.17) is 10.5 Å². The highest BCUT2D eigenvalue weighted by molar-refractivity contribution is 6.40. The molecule has 25 heavy (non-hydrogen) atoms. The van der Waals surface area contributed by atoms with Crippen LogP contribution in [0.4, 0.5) is 5.69 Å². The average molecular weight is 344 g/mol. The minimum absolute atomic E-state index is 0.106. The Morgan fingerprint density at radius 2 is 2.08 bits per heavy atom. The number of ether oxygens (including phenoxy) is 1. The third-order valence-electron chi connectivity index (χ3n) is 4.71. The van der Waals surface area contributed by atoms with Crippen molar-refractivity contribution in [2.24, 2.45) is 16.8 Å². The lowest BCUT2D eigenvalue weighted by atomic mass is 9.98. The molecule has 134 valence electrons. The van der Waals surface area contributed by atoms with Gasteiger partial charge >= 0.3 is 0 Å². The van der Waals surface area contributed by atoms with E-state index >= 15 is 0 Å². The number of para-hydroxylation sites is 1. The molecule has 1 aromatic rings. The number of carbonyl (C=O) groups is 2. The Morgan fingerprint density at radius 1 is 1.32 bits per heavy atom. The van der Waals surface area contributed by atoms with Crippen molar-refractivity contribution in [3.05, 3.63) is 30.3 Å². The Labute approximate surface area is 147 Å². The van der Waals surface area contributed by atoms with Crippen LogP contribution in [0.25, 0.3) is 0 Å². The molecule has 2 N–H and O–H groups in total. The molecule has 0 bridgehead atoms. The Hall–Kier alpha value is -2.41. The summed E-state index contributed by atoms with van der Waals surface area (Å²) >= 11 is 0. The monoisotopic (exact) mass is 344 g/mol. The van der Waals surface area contributed by atoms with Gasteiger partial charge in [-0.2, -0.15) is 5.10 Å². The number of benzene rings is 1. The Kier molecular flexibility index (Phi) is 5.33. The van der Waals surface area contributed by atoms with E-state index in [1.165, 1.54) is 0 Å². The number of anilines is 1. The van der Waals surface area contributed by atoms with E-state index in [9.17, 15) is 9.59 Å². The van der Waals surface area contributed by atoms with Gasteiger partial charge in [-0.1, -0.05) is 18.2 Å². The van der Waals surface area contributed by atoms with E-state index in [1.54, 1.807) is 12.1 Å². The predicted molar refractivity (Wildman–Crippen MR) is 95.1 cm³/mol. The van der Waals surface area contributed by atoms with Gasteiger partial charge < -0.3 is 15.4 Å². The van der Waals surface area contributed by atoms with Crippen LogP contribution in [0.5, 0.6) is 0 Å². The second-order valence-electron chi connectivity index (χ2n) is 6.56. The largest absolute Gasteiger partial charge is 0.384 e. The van der Waals surface area contributed by atoms with Crippen LogP contribution in [0.15, 0.2) is 35.4 Å². The normalized spacial score (nSPS) is 23.5. The number of rotatable bonds is 5. The van der Waals surface area contributed by atoms with Crippen molar-refractivity contribution in [3.8, 4) is 0 Å². The maximum Gasteiger partial charge on any atom is 0.270 e. The topological polar surface area (TPSA) is 88.2 Å². The summed E-state index contributed by atoms with van der Waals surface area (Å²) in [6, 6.07) is 8.69. The quantitative estimate of drug-likeness (QED) is 0.863. The number of hydrogen-bond donors (Lipinski definition) is 1. The summed E-state index contributed by atoms with van der Waals surface area (Å²) < 4.78 is 5.22. The van der Waals surface area contributed by atoms with Gasteiger partial charge in [-0.05, 0) is 30.9 Å². The SMILES string of the molecule is COC[C@H]1CCCN(C(=O)C2=NN(c3ccccc3)[C@H](C(N)=O)C2)C1. The summed E-state index contributed by atoms with van der Waals surface area (Å²) in [6.45, 7) is 2.03. The van der Waals surface area contributed by atoms with Crippen molar-refractivity contribution >= 4 is 23.2 Å². The van der Waals surface area contributed by atoms with E-state index in [0.29, 0.717) is 31.3 Å². The lowest BCUT2D eigenvalue weighted by molar-refractivity contribution is -0.126. The first-order valence-corrected chi connectivity index (χ1v) is 8.59. The summed E-state index contributed by atoms with van der Waals surface area (Å²) in [4.78, 5) is 26.5. The number of methoxy groups -OCH3 is 1. The summed E-state index contributed by atoms with van der Waals surface area (Å²) in [6.07, 6.45) is 2.26. The van der Waals surface area contributed by atoms with Crippen LogP contribution >= 0.6 is 0 Å². The zero-order valence-electron chi connectivity index (χ0n) is 14.4. The van der Waals surface area contributed by atoms with Crippen molar-refractivity contribution < 1.29 is 14.3 Å². The van der Waals surface area contributed by atoms with E-state index in [0.717, 1.165) is 18.5 Å². The van der Waals surface area contributed by atoms with Crippen molar-refractivity contribution in [2.75, 3.05) is 31.8 Å². The molecule has 0 saturated carbocycles. The second kappa shape index (κ2) is 7.65. The fourth-order valence-corrected chi connectivity index (χ4v) is 3.48. The van der Waals surface area contributed by atoms with E-state index in [2.05, 4.69) is 5.10 Å². The lowest BCUT2D eigenvalue weighted by Gasteiger charge is -2.32. The number of hydrogen-bond acceptors (Lipinski definition) is 5. The number of nitrogens with zero attached hydrogens (tertiary/aromatic N) is 3. The first-order chi connectivity index (χ1) is 12.1. The highest BCUT2D eigenvalue weighted by Gasteiger charge is 2.37. The van der Waals surface area contributed by atoms with Gasteiger partial charge in [-0.15, -0.1) is 0 Å². The second-order valence-corrected chi connectivity index (χ2v) is 6.56. The fraction of sp³-hybridized carbons (Fsp3) is 0.500. The highest BCUT2D eigenvalue weighted by Crippen LogP contribution is 2.26. The minimum Gasteiger partial charge on any atom is -0.384 e. The maximum atomic E-state index is 12.9. The molecule has 2 aliphatic rings. The molecule has 0 aliphatic carbocycles. The van der Waals surface area contributed by atoms with Crippen LogP contribution in [-0.2, 0) is 14.3 Å². The summed E-state index contributed by atoms with van der Waals surface area (Å²) in [7, 11) is 1.68. The molecule has 7 nitrogen and oxygen atoms in total. The number of amides is 2. The summed E-state index contributed by atoms with van der Waals surface area (Å²) in [5, 5.41) is 6.00. The number of piperidine rings is 1. The van der Waals surface area contributed by atoms with Gasteiger partial charge in [0.25, 0.3) is 5.91 Å². The Balaban J connectivity index is 1.77. The molecule has 2 heterocycles. The number of likely N-dealkylation sites (tertiary alicyclic amines) is 1. The van der Waals surface area contributed by atoms with Crippen molar-refractivity contribution in [1.29, 1.82) is 0 Å². The molecule has 0 unspecified atom stereocenters. The van der Waals surface area contributed by atoms with E-state index in [1.807, 2.05) is 35.2 Å². The predicted octanol–water partition coefficient (Wildman–Crippen LogP) is 0.992. The molecule has 2 amide bonds. The van der Waals surface area contributed by atoms with Crippen LogP contribution in [0, 0.1) is 5.92 Å². The highest BCUT2D eigenvalue weighted by atomic mass is 16.5. The smallest absolute Gasteiger partial charge is 0.270 e. The molecular formula is C18H24N4O3. The van der Waals surface area contributed by atoms with Gasteiger partial charge in [-0.25, -0.2) is 0 Å². The maximum absolute atomic E-state index is 12.9. The molecular weight excluding hydrogens is 320 g/mol. The van der Waals surface area contributed by atoms with Gasteiger partial charge in [0.2, 0.25) is 5.91 Å². The van der Waals surface area contributed by atoms with Gasteiger partial charge in [-0.3, -0.25) is 14.6 Å². The number of nitrogens with two attached hydrogens (primary N) is 1. The minimum atomic E-state index is -0.624. The summed E-state index contributed by atoms with van der Waals surface area (Å²) in [5.74, 6) is -0.237. The first-order valence-electron chi connectivity index (χ1n) is 8.59. The van der Waals surface area contributed by atoms with Gasteiger partial charge in [0.05, 0.1) is 12.3 Å². The molecule has 1 fully saturated rings. The van der Waals surface area contributed by atoms with Crippen LogP contribution < -0.4 is 10.7 Å². The van der Waals surface area contributed by atoms with E-state index in [-0.39, 0.29) is 12.3 Å². The Morgan fingerprint density at radius 3 is 2.76 bits per heavy atom. The zero-order valence-corrected chi connectivity index (χ0v) is 14.4. The molecule has 1 aromatic carbocycles. The van der Waals surface area contributed by atoms with Crippen LogP contribution in [-0.4, -0.2) is 55.3 Å². The zero-order chi connectivity index (χ0) is 17.8. The van der Waals surface area contributed by atoms with Crippen LogP contribution in [0.1, 0.15) is 19.3 Å². The van der Waals surface area contributed by atoms with Gasteiger partial charge in [0.15, 0.2) is 0 Å². The number of carbonyl (C=O) groups excluding carboxylic acids is 2. The van der Waals surface area contributed by atoms with Crippen molar-refractivity contribution in [3.63, 3.8) is 0 Å². The number of primary amides is 1. The van der Waals surface area contributed by atoms with Gasteiger partial charge in [0.1, 0.15) is 11.8 Å². The molecule has 0 radical (unpaired) electrons. The first kappa shape index (κ1) is 17.4. The lowest BCUT2D eigenvalue weighted by Crippen LogP contribution is -2.44. The van der Waals surface area contributed by atoms with Crippen molar-refractivity contribution in [2.45, 2.75) is 25.3 Å². The van der Waals surface area contributed by atoms with Gasteiger partial charge in [0, 0.05) is 26.6 Å². The molecule has 2 atom stereocenters. The summed E-state index contributed by atoms with van der Waals surface area (Å²) in [5.41, 5.74) is 6.68. The molecule has 0 spiro atoms. The molecule has 2 aliphatic heterocycles. The van der Waals surface area contributed by atoms with E-state index < -0.39 is 11.9 Å². The van der Waals surface area contributed by atoms with Crippen molar-refractivity contribution in [1.82, 2.24) is 4.90 Å². The van der Waals surface area contributed by atoms with Crippen LogP contribution in [0.2, 0.25) is 0 Å². The molecule has 0 aromatic heterocycles.